The average Bonchev–Trinajstić information content (AvgIpc) is 2.82. The molecule has 0 saturated carbocycles. The second kappa shape index (κ2) is 4.30. The molecule has 1 aliphatic heterocycles. The molecule has 2 heteroatoms. The highest BCUT2D eigenvalue weighted by Gasteiger charge is 2.22. The van der Waals surface area contributed by atoms with E-state index in [1.165, 1.54) is 16.7 Å². The van der Waals surface area contributed by atoms with E-state index >= 15 is 0 Å². The molecule has 0 unspecified atom stereocenters. The van der Waals surface area contributed by atoms with Crippen LogP contribution in [0.15, 0.2) is 42.5 Å². The Kier molecular flexibility index (Phi) is 2.63. The van der Waals surface area contributed by atoms with Crippen LogP contribution in [0.4, 0.5) is 5.69 Å². The van der Waals surface area contributed by atoms with Crippen LogP contribution in [0, 0.1) is 6.07 Å². The quantitative estimate of drug-likeness (QED) is 0.745. The van der Waals surface area contributed by atoms with Gasteiger partial charge in [-0.25, -0.2) is 0 Å². The zero-order valence-electron chi connectivity index (χ0n) is 10.3. The van der Waals surface area contributed by atoms with Gasteiger partial charge in [-0.2, -0.15) is 0 Å². The molecule has 1 aliphatic rings. The summed E-state index contributed by atoms with van der Waals surface area (Å²) in [4.78, 5) is 13.3. The molecule has 0 atom stereocenters. The van der Waals surface area contributed by atoms with E-state index in [0.29, 0.717) is 0 Å². The van der Waals surface area contributed by atoms with Crippen LogP contribution in [0.2, 0.25) is 0 Å². The molecule has 1 radical (unpaired) electrons. The summed E-state index contributed by atoms with van der Waals surface area (Å²) in [6.07, 6.45) is 0.946. The fraction of sp³-hybridized carbons (Fsp3) is 0.188. The van der Waals surface area contributed by atoms with E-state index in [0.717, 1.165) is 18.7 Å². The molecular weight excluding hydrogens is 222 g/mol. The summed E-state index contributed by atoms with van der Waals surface area (Å²) in [5.74, 6) is 0.121. The first-order valence-corrected chi connectivity index (χ1v) is 6.13. The Morgan fingerprint density at radius 2 is 1.94 bits per heavy atom. The number of benzene rings is 2. The number of anilines is 1. The maximum absolute atomic E-state index is 11.5. The van der Waals surface area contributed by atoms with Gasteiger partial charge in [-0.1, -0.05) is 30.3 Å². The lowest BCUT2D eigenvalue weighted by atomic mass is 10.0. The lowest BCUT2D eigenvalue weighted by Gasteiger charge is -2.14. The highest BCUT2D eigenvalue weighted by atomic mass is 16.2. The van der Waals surface area contributed by atoms with Crippen molar-refractivity contribution in [1.29, 1.82) is 0 Å². The molecule has 0 N–H and O–H groups in total. The Bertz CT molecular complexity index is 589. The van der Waals surface area contributed by atoms with Crippen molar-refractivity contribution in [3.05, 3.63) is 54.1 Å². The average molecular weight is 236 g/mol. The van der Waals surface area contributed by atoms with Crippen LogP contribution in [0.25, 0.3) is 11.1 Å². The Hall–Kier alpha value is -2.09. The van der Waals surface area contributed by atoms with Crippen LogP contribution in [0.5, 0.6) is 0 Å². The van der Waals surface area contributed by atoms with Crippen molar-refractivity contribution in [2.75, 3.05) is 11.4 Å². The van der Waals surface area contributed by atoms with Gasteiger partial charge in [0.2, 0.25) is 5.91 Å². The summed E-state index contributed by atoms with van der Waals surface area (Å²) in [7, 11) is 0. The van der Waals surface area contributed by atoms with Gasteiger partial charge in [-0.3, -0.25) is 4.79 Å². The fourth-order valence-corrected chi connectivity index (χ4v) is 2.49. The molecule has 18 heavy (non-hydrogen) atoms. The minimum Gasteiger partial charge on any atom is -0.312 e. The molecule has 89 valence electrons. The van der Waals surface area contributed by atoms with E-state index in [1.54, 1.807) is 6.92 Å². The molecule has 3 rings (SSSR count). The monoisotopic (exact) mass is 236 g/mol. The van der Waals surface area contributed by atoms with Crippen molar-refractivity contribution >= 4 is 11.6 Å². The van der Waals surface area contributed by atoms with Gasteiger partial charge < -0.3 is 4.90 Å². The minimum atomic E-state index is 0.121. The molecule has 0 aromatic heterocycles. The minimum absolute atomic E-state index is 0.121. The highest BCUT2D eigenvalue weighted by molar-refractivity contribution is 5.94. The molecule has 0 bridgehead atoms. The SMILES string of the molecule is CC(=O)N1CCc2cc(-c3cc[c]cc3)ccc21. The number of carbonyl (C=O) groups is 1. The normalized spacial score (nSPS) is 13.5. The van der Waals surface area contributed by atoms with Gasteiger partial charge in [0.05, 0.1) is 0 Å². The molecule has 2 nitrogen and oxygen atoms in total. The van der Waals surface area contributed by atoms with Crippen molar-refractivity contribution in [3.8, 4) is 11.1 Å². The highest BCUT2D eigenvalue weighted by Crippen LogP contribution is 2.32. The zero-order chi connectivity index (χ0) is 12.5. The van der Waals surface area contributed by atoms with Crippen LogP contribution in [0.3, 0.4) is 0 Å². The van der Waals surface area contributed by atoms with Crippen LogP contribution < -0.4 is 4.90 Å². The third-order valence-electron chi connectivity index (χ3n) is 3.41. The third kappa shape index (κ3) is 1.80. The second-order valence-corrected chi connectivity index (χ2v) is 4.55. The molecule has 2 aromatic carbocycles. The maximum Gasteiger partial charge on any atom is 0.223 e. The van der Waals surface area contributed by atoms with Gasteiger partial charge in [-0.05, 0) is 41.3 Å². The Labute approximate surface area is 107 Å². The van der Waals surface area contributed by atoms with Crippen molar-refractivity contribution in [2.24, 2.45) is 0 Å². The van der Waals surface area contributed by atoms with E-state index in [1.807, 2.05) is 17.0 Å². The van der Waals surface area contributed by atoms with E-state index in [9.17, 15) is 4.79 Å². The molecule has 0 aliphatic carbocycles. The molecule has 1 amide bonds. The van der Waals surface area contributed by atoms with Gasteiger partial charge in [0.1, 0.15) is 0 Å². The number of amides is 1. The summed E-state index contributed by atoms with van der Waals surface area (Å²) in [6.45, 7) is 2.42. The van der Waals surface area contributed by atoms with Crippen molar-refractivity contribution < 1.29 is 4.79 Å². The van der Waals surface area contributed by atoms with Gasteiger partial charge in [-0.15, -0.1) is 0 Å². The second-order valence-electron chi connectivity index (χ2n) is 4.55. The summed E-state index contributed by atoms with van der Waals surface area (Å²) < 4.78 is 0. The van der Waals surface area contributed by atoms with Crippen molar-refractivity contribution in [1.82, 2.24) is 0 Å². The Morgan fingerprint density at radius 3 is 2.67 bits per heavy atom. The summed E-state index contributed by atoms with van der Waals surface area (Å²) in [5, 5.41) is 0. The topological polar surface area (TPSA) is 20.3 Å². The first-order chi connectivity index (χ1) is 8.75. The fourth-order valence-electron chi connectivity index (χ4n) is 2.49. The predicted octanol–water partition coefficient (Wildman–Crippen LogP) is 3.06. The Morgan fingerprint density at radius 1 is 1.17 bits per heavy atom. The molecule has 0 saturated heterocycles. The van der Waals surface area contributed by atoms with E-state index in [4.69, 9.17) is 0 Å². The third-order valence-corrected chi connectivity index (χ3v) is 3.41. The maximum atomic E-state index is 11.5. The van der Waals surface area contributed by atoms with E-state index in [2.05, 4.69) is 36.4 Å². The van der Waals surface area contributed by atoms with Crippen LogP contribution in [-0.2, 0) is 11.2 Å². The summed E-state index contributed by atoms with van der Waals surface area (Å²) >= 11 is 0. The van der Waals surface area contributed by atoms with Crippen LogP contribution >= 0.6 is 0 Å². The molecule has 0 fully saturated rings. The lowest BCUT2D eigenvalue weighted by Crippen LogP contribution is -2.25. The predicted molar refractivity (Wildman–Crippen MR) is 72.4 cm³/mol. The number of fused-ring (bicyclic) bond motifs is 1. The summed E-state index contributed by atoms with van der Waals surface area (Å²) in [5.41, 5.74) is 4.72. The zero-order valence-corrected chi connectivity index (χ0v) is 10.3. The smallest absolute Gasteiger partial charge is 0.223 e. The van der Waals surface area contributed by atoms with Crippen LogP contribution in [0.1, 0.15) is 12.5 Å². The van der Waals surface area contributed by atoms with Gasteiger partial charge in [0.25, 0.3) is 0 Å². The number of rotatable bonds is 1. The number of nitrogens with zero attached hydrogens (tertiary/aromatic N) is 1. The van der Waals surface area contributed by atoms with Gasteiger partial charge in [0.15, 0.2) is 0 Å². The number of hydrogen-bond donors (Lipinski definition) is 0. The number of carbonyl (C=O) groups excluding carboxylic acids is 1. The summed E-state index contributed by atoms with van der Waals surface area (Å²) in [6, 6.07) is 17.3. The van der Waals surface area contributed by atoms with Crippen molar-refractivity contribution in [3.63, 3.8) is 0 Å². The van der Waals surface area contributed by atoms with Gasteiger partial charge >= 0.3 is 0 Å². The lowest BCUT2D eigenvalue weighted by molar-refractivity contribution is -0.116. The van der Waals surface area contributed by atoms with E-state index in [-0.39, 0.29) is 5.91 Å². The first-order valence-electron chi connectivity index (χ1n) is 6.13. The van der Waals surface area contributed by atoms with E-state index < -0.39 is 0 Å². The molecular formula is C16H14NO. The largest absolute Gasteiger partial charge is 0.312 e. The van der Waals surface area contributed by atoms with Crippen LogP contribution in [-0.4, -0.2) is 12.5 Å². The van der Waals surface area contributed by atoms with Gasteiger partial charge in [0, 0.05) is 19.2 Å². The van der Waals surface area contributed by atoms with Crippen molar-refractivity contribution in [2.45, 2.75) is 13.3 Å². The standard InChI is InChI=1S/C16H14NO/c1-12(18)17-10-9-15-11-14(7-8-16(15)17)13-5-3-2-4-6-13/h3-8,11H,9-10H2,1H3. The molecule has 1 heterocycles. The first kappa shape index (κ1) is 11.0. The Balaban J connectivity index is 2.01. The molecule has 0 spiro atoms. The number of hydrogen-bond acceptors (Lipinski definition) is 1. The molecule has 2 aromatic rings.